The normalized spacial score (nSPS) is 15.2. The van der Waals surface area contributed by atoms with Crippen LogP contribution in [-0.2, 0) is 16.6 Å². The molecule has 0 atom stereocenters. The standard InChI is InChI=1S/C25H25FN4O2S/c1-2-12-28-13-11-24(18-28)33(31,32)29-14-9-19(10-15-29)20-3-8-25-21(16-20)17-27-30(25)23-6-4-22(26)5-7-23/h3-9,11,13,16-18H,2,10,12,14-15H2,1H3. The number of fused-ring (bicyclic) bond motifs is 1. The molecule has 8 heteroatoms. The Morgan fingerprint density at radius 3 is 2.64 bits per heavy atom. The summed E-state index contributed by atoms with van der Waals surface area (Å²) in [6.45, 7) is 3.67. The molecule has 5 rings (SSSR count). The highest BCUT2D eigenvalue weighted by atomic mass is 32.2. The monoisotopic (exact) mass is 464 g/mol. The molecule has 0 aliphatic carbocycles. The topological polar surface area (TPSA) is 60.1 Å². The zero-order valence-electron chi connectivity index (χ0n) is 18.4. The Balaban J connectivity index is 1.36. The molecule has 170 valence electrons. The summed E-state index contributed by atoms with van der Waals surface area (Å²) >= 11 is 0. The van der Waals surface area contributed by atoms with Crippen LogP contribution in [0.5, 0.6) is 0 Å². The van der Waals surface area contributed by atoms with Gasteiger partial charge in [0.1, 0.15) is 5.82 Å². The van der Waals surface area contributed by atoms with E-state index in [1.54, 1.807) is 35.3 Å². The molecule has 0 unspecified atom stereocenters. The van der Waals surface area contributed by atoms with E-state index in [4.69, 9.17) is 0 Å². The second-order valence-corrected chi connectivity index (χ2v) is 10.2. The molecule has 0 fully saturated rings. The number of sulfonamides is 1. The maximum Gasteiger partial charge on any atom is 0.244 e. The van der Waals surface area contributed by atoms with Crippen molar-refractivity contribution in [3.8, 4) is 5.69 Å². The van der Waals surface area contributed by atoms with E-state index in [1.807, 2.05) is 29.0 Å². The van der Waals surface area contributed by atoms with Crippen LogP contribution in [0.2, 0.25) is 0 Å². The fraction of sp³-hybridized carbons (Fsp3) is 0.240. The Kier molecular flexibility index (Phi) is 5.64. The van der Waals surface area contributed by atoms with Gasteiger partial charge >= 0.3 is 0 Å². The second kappa shape index (κ2) is 8.61. The molecule has 0 saturated carbocycles. The molecule has 6 nitrogen and oxygen atoms in total. The zero-order valence-corrected chi connectivity index (χ0v) is 19.2. The Morgan fingerprint density at radius 2 is 1.91 bits per heavy atom. The van der Waals surface area contributed by atoms with Gasteiger partial charge in [-0.3, -0.25) is 0 Å². The van der Waals surface area contributed by atoms with Crippen LogP contribution in [0.25, 0.3) is 22.2 Å². The molecule has 0 saturated heterocycles. The summed E-state index contributed by atoms with van der Waals surface area (Å²) in [7, 11) is -3.50. The van der Waals surface area contributed by atoms with Crippen molar-refractivity contribution >= 4 is 26.5 Å². The smallest absolute Gasteiger partial charge is 0.244 e. The van der Waals surface area contributed by atoms with E-state index in [2.05, 4.69) is 18.1 Å². The van der Waals surface area contributed by atoms with Crippen LogP contribution in [-0.4, -0.2) is 40.2 Å². The molecule has 0 radical (unpaired) electrons. The second-order valence-electron chi connectivity index (χ2n) is 8.23. The quantitative estimate of drug-likeness (QED) is 0.410. The summed E-state index contributed by atoms with van der Waals surface area (Å²) in [5.41, 5.74) is 3.92. The van der Waals surface area contributed by atoms with Gasteiger partial charge in [0.15, 0.2) is 0 Å². The molecule has 0 N–H and O–H groups in total. The van der Waals surface area contributed by atoms with E-state index in [0.29, 0.717) is 24.4 Å². The van der Waals surface area contributed by atoms with E-state index in [9.17, 15) is 12.8 Å². The number of aromatic nitrogens is 3. The lowest BCUT2D eigenvalue weighted by Gasteiger charge is -2.25. The zero-order chi connectivity index (χ0) is 23.0. The summed E-state index contributed by atoms with van der Waals surface area (Å²) in [5.74, 6) is -0.281. The third-order valence-corrected chi connectivity index (χ3v) is 7.87. The van der Waals surface area contributed by atoms with E-state index in [0.717, 1.165) is 40.7 Å². The van der Waals surface area contributed by atoms with E-state index >= 15 is 0 Å². The van der Waals surface area contributed by atoms with Crippen LogP contribution in [0.15, 0.2) is 78.1 Å². The van der Waals surface area contributed by atoms with Gasteiger partial charge < -0.3 is 4.57 Å². The molecule has 0 spiro atoms. The molecule has 33 heavy (non-hydrogen) atoms. The van der Waals surface area contributed by atoms with E-state index in [-0.39, 0.29) is 5.82 Å². The Morgan fingerprint density at radius 1 is 1.09 bits per heavy atom. The molecule has 1 aliphatic rings. The molecule has 1 aliphatic heterocycles. The van der Waals surface area contributed by atoms with Gasteiger partial charge in [0.25, 0.3) is 0 Å². The van der Waals surface area contributed by atoms with Gasteiger partial charge in [-0.25, -0.2) is 17.5 Å². The molecule has 4 aromatic rings. The molecule has 0 amide bonds. The summed E-state index contributed by atoms with van der Waals surface area (Å²) < 4.78 is 44.5. The molecular formula is C25H25FN4O2S. The average molecular weight is 465 g/mol. The first-order valence-corrected chi connectivity index (χ1v) is 12.5. The van der Waals surface area contributed by atoms with Crippen LogP contribution < -0.4 is 0 Å². The largest absolute Gasteiger partial charge is 0.353 e. The van der Waals surface area contributed by atoms with Crippen LogP contribution in [0.3, 0.4) is 0 Å². The number of halogens is 1. The number of hydrogen-bond acceptors (Lipinski definition) is 3. The number of hydrogen-bond donors (Lipinski definition) is 0. The molecule has 3 heterocycles. The van der Waals surface area contributed by atoms with Crippen molar-refractivity contribution in [1.82, 2.24) is 18.7 Å². The SMILES string of the molecule is CCCn1ccc(S(=O)(=O)N2CC=C(c3ccc4c(cnn4-c4ccc(F)cc4)c3)CC2)c1. The summed E-state index contributed by atoms with van der Waals surface area (Å²) in [4.78, 5) is 0.349. The first-order valence-electron chi connectivity index (χ1n) is 11.0. The van der Waals surface area contributed by atoms with Crippen LogP contribution >= 0.6 is 0 Å². The van der Waals surface area contributed by atoms with Crippen molar-refractivity contribution in [2.75, 3.05) is 13.1 Å². The third-order valence-electron chi connectivity index (χ3n) is 6.02. The van der Waals surface area contributed by atoms with Crippen molar-refractivity contribution in [1.29, 1.82) is 0 Å². The Bertz CT molecular complexity index is 1430. The van der Waals surface area contributed by atoms with Crippen molar-refractivity contribution in [2.45, 2.75) is 31.2 Å². The molecular weight excluding hydrogens is 439 g/mol. The van der Waals surface area contributed by atoms with Crippen molar-refractivity contribution in [3.05, 3.63) is 84.6 Å². The summed E-state index contributed by atoms with van der Waals surface area (Å²) in [6.07, 6.45) is 8.93. The highest BCUT2D eigenvalue weighted by Crippen LogP contribution is 2.29. The average Bonchev–Trinajstić information content (AvgIpc) is 3.47. The summed E-state index contributed by atoms with van der Waals surface area (Å²) in [6, 6.07) is 14.0. The maximum absolute atomic E-state index is 13.3. The molecule has 0 bridgehead atoms. The number of aryl methyl sites for hydroxylation is 1. The lowest BCUT2D eigenvalue weighted by molar-refractivity contribution is 0.441. The third kappa shape index (κ3) is 4.12. The predicted molar refractivity (Wildman–Crippen MR) is 127 cm³/mol. The Hall–Kier alpha value is -3.23. The number of nitrogens with zero attached hydrogens (tertiary/aromatic N) is 4. The van der Waals surface area contributed by atoms with Gasteiger partial charge in [-0.05, 0) is 66.4 Å². The van der Waals surface area contributed by atoms with Gasteiger partial charge in [-0.2, -0.15) is 9.40 Å². The van der Waals surface area contributed by atoms with Gasteiger partial charge in [0.2, 0.25) is 10.0 Å². The lowest BCUT2D eigenvalue weighted by Crippen LogP contribution is -2.34. The highest BCUT2D eigenvalue weighted by molar-refractivity contribution is 7.89. The van der Waals surface area contributed by atoms with Crippen LogP contribution in [0, 0.1) is 5.82 Å². The maximum atomic E-state index is 13.3. The number of benzene rings is 2. The fourth-order valence-electron chi connectivity index (χ4n) is 4.27. The first-order chi connectivity index (χ1) is 16.0. The van der Waals surface area contributed by atoms with Crippen molar-refractivity contribution in [3.63, 3.8) is 0 Å². The fourth-order valence-corrected chi connectivity index (χ4v) is 5.67. The van der Waals surface area contributed by atoms with Gasteiger partial charge in [-0.1, -0.05) is 19.1 Å². The minimum atomic E-state index is -3.50. The summed E-state index contributed by atoms with van der Waals surface area (Å²) in [5, 5.41) is 5.44. The van der Waals surface area contributed by atoms with E-state index in [1.165, 1.54) is 16.4 Å². The van der Waals surface area contributed by atoms with Gasteiger partial charge in [-0.15, -0.1) is 0 Å². The Labute approximate surface area is 192 Å². The van der Waals surface area contributed by atoms with Crippen LogP contribution in [0.1, 0.15) is 25.3 Å². The van der Waals surface area contributed by atoms with Gasteiger partial charge in [0, 0.05) is 37.4 Å². The van der Waals surface area contributed by atoms with E-state index < -0.39 is 10.0 Å². The minimum Gasteiger partial charge on any atom is -0.353 e. The predicted octanol–water partition coefficient (Wildman–Crippen LogP) is 4.85. The highest BCUT2D eigenvalue weighted by Gasteiger charge is 2.27. The minimum absolute atomic E-state index is 0.281. The number of rotatable bonds is 6. The van der Waals surface area contributed by atoms with Crippen molar-refractivity contribution < 1.29 is 12.8 Å². The lowest BCUT2D eigenvalue weighted by atomic mass is 9.99. The van der Waals surface area contributed by atoms with Gasteiger partial charge in [0.05, 0.1) is 22.3 Å². The van der Waals surface area contributed by atoms with Crippen molar-refractivity contribution in [2.24, 2.45) is 0 Å². The first kappa shape index (κ1) is 21.6. The molecule has 2 aromatic heterocycles. The van der Waals surface area contributed by atoms with Crippen LogP contribution in [0.4, 0.5) is 4.39 Å². The molecule has 2 aromatic carbocycles.